The number of aliphatic carboxylic acids is 1. The van der Waals surface area contributed by atoms with Crippen molar-refractivity contribution in [1.82, 2.24) is 10.2 Å². The molecule has 1 rings (SSSR count). The largest absolute Gasteiger partial charge is 0.478 e. The highest BCUT2D eigenvalue weighted by Crippen LogP contribution is 2.34. The second-order valence-electron chi connectivity index (χ2n) is 6.54. The lowest BCUT2D eigenvalue weighted by atomic mass is 9.75. The van der Waals surface area contributed by atoms with Gasteiger partial charge in [0.25, 0.3) is 0 Å². The van der Waals surface area contributed by atoms with Crippen molar-refractivity contribution >= 4 is 11.9 Å². The van der Waals surface area contributed by atoms with Gasteiger partial charge in [-0.05, 0) is 37.8 Å². The molecule has 0 bridgehead atoms. The Hall–Kier alpha value is -1.36. The molecular formula is C18H32N2O3. The summed E-state index contributed by atoms with van der Waals surface area (Å²) >= 11 is 0. The highest BCUT2D eigenvalue weighted by atomic mass is 16.4. The molecule has 5 nitrogen and oxygen atoms in total. The molecule has 132 valence electrons. The summed E-state index contributed by atoms with van der Waals surface area (Å²) in [5.74, 6) is -0.222. The van der Waals surface area contributed by atoms with Crippen molar-refractivity contribution in [2.45, 2.75) is 66.0 Å². The smallest absolute Gasteiger partial charge is 0.331 e. The van der Waals surface area contributed by atoms with Crippen LogP contribution in [0.2, 0.25) is 0 Å². The molecule has 0 aromatic carbocycles. The van der Waals surface area contributed by atoms with E-state index >= 15 is 0 Å². The zero-order chi connectivity index (χ0) is 17.6. The van der Waals surface area contributed by atoms with Gasteiger partial charge in [0.15, 0.2) is 0 Å². The van der Waals surface area contributed by atoms with Crippen molar-refractivity contribution in [2.75, 3.05) is 13.1 Å². The maximum atomic E-state index is 11.7. The zero-order valence-corrected chi connectivity index (χ0v) is 15.1. The maximum Gasteiger partial charge on any atom is 0.331 e. The number of carbonyl (C=O) groups is 2. The van der Waals surface area contributed by atoms with Gasteiger partial charge >= 0.3 is 5.97 Å². The lowest BCUT2D eigenvalue weighted by Gasteiger charge is -2.43. The van der Waals surface area contributed by atoms with Gasteiger partial charge < -0.3 is 15.3 Å². The first kappa shape index (κ1) is 19.7. The van der Waals surface area contributed by atoms with Crippen molar-refractivity contribution in [2.24, 2.45) is 11.8 Å². The minimum absolute atomic E-state index is 0.0124. The zero-order valence-electron chi connectivity index (χ0n) is 15.1. The summed E-state index contributed by atoms with van der Waals surface area (Å²) in [4.78, 5) is 25.4. The van der Waals surface area contributed by atoms with Crippen LogP contribution >= 0.6 is 0 Å². The molecule has 0 spiro atoms. The van der Waals surface area contributed by atoms with E-state index in [1.165, 1.54) is 0 Å². The van der Waals surface area contributed by atoms with E-state index in [1.807, 2.05) is 6.08 Å². The van der Waals surface area contributed by atoms with E-state index in [-0.39, 0.29) is 23.9 Å². The van der Waals surface area contributed by atoms with Gasteiger partial charge in [0.1, 0.15) is 0 Å². The summed E-state index contributed by atoms with van der Waals surface area (Å²) in [5, 5.41) is 12.5. The van der Waals surface area contributed by atoms with Gasteiger partial charge in [0.2, 0.25) is 5.91 Å². The molecule has 0 aromatic heterocycles. The first-order valence-corrected chi connectivity index (χ1v) is 8.79. The maximum absolute atomic E-state index is 11.7. The predicted octanol–water partition coefficient (Wildman–Crippen LogP) is 2.67. The molecule has 5 heteroatoms. The van der Waals surface area contributed by atoms with Crippen LogP contribution in [-0.2, 0) is 9.59 Å². The minimum Gasteiger partial charge on any atom is -0.478 e. The molecule has 0 aromatic rings. The molecule has 4 atom stereocenters. The van der Waals surface area contributed by atoms with Crippen LogP contribution in [0, 0.1) is 11.8 Å². The van der Waals surface area contributed by atoms with Gasteiger partial charge in [-0.25, -0.2) is 4.79 Å². The number of rotatable bonds is 8. The van der Waals surface area contributed by atoms with E-state index in [0.29, 0.717) is 24.3 Å². The normalized spacial score (nSPS) is 24.0. The van der Waals surface area contributed by atoms with Gasteiger partial charge in [0.05, 0.1) is 0 Å². The van der Waals surface area contributed by atoms with Crippen LogP contribution in [0.15, 0.2) is 11.6 Å². The molecule has 1 unspecified atom stereocenters. The standard InChI is InChI=1S/C18H32N2O3/c1-6-12(4)17(19-13(5)21)15-10-9-14(18(22)23)11-16(15)20(7-2)8-3/h9,12,15-17H,6-8,10-11H2,1-5H3,(H,19,21)(H,22,23)/t12?,15-,16+,17+/m1/s1. The molecule has 0 fully saturated rings. The highest BCUT2D eigenvalue weighted by molar-refractivity contribution is 5.86. The molecule has 0 saturated carbocycles. The average molecular weight is 324 g/mol. The number of hydrogen-bond donors (Lipinski definition) is 2. The summed E-state index contributed by atoms with van der Waals surface area (Å²) in [6.45, 7) is 11.8. The van der Waals surface area contributed by atoms with E-state index in [4.69, 9.17) is 0 Å². The van der Waals surface area contributed by atoms with Gasteiger partial charge in [-0.1, -0.05) is 40.2 Å². The van der Waals surface area contributed by atoms with E-state index in [2.05, 4.69) is 37.9 Å². The van der Waals surface area contributed by atoms with Gasteiger partial charge in [-0.2, -0.15) is 0 Å². The van der Waals surface area contributed by atoms with E-state index < -0.39 is 5.97 Å². The lowest BCUT2D eigenvalue weighted by molar-refractivity contribution is -0.133. The molecule has 2 N–H and O–H groups in total. The Kier molecular flexibility index (Phi) is 7.76. The van der Waals surface area contributed by atoms with Crippen molar-refractivity contribution in [3.05, 3.63) is 11.6 Å². The molecule has 0 aliphatic heterocycles. The number of hydrogen-bond acceptors (Lipinski definition) is 3. The Bertz CT molecular complexity index is 444. The number of carboxylic acid groups (broad SMARTS) is 1. The Morgan fingerprint density at radius 3 is 2.39 bits per heavy atom. The van der Waals surface area contributed by atoms with Crippen molar-refractivity contribution in [3.63, 3.8) is 0 Å². The van der Waals surface area contributed by atoms with Crippen LogP contribution in [0.5, 0.6) is 0 Å². The van der Waals surface area contributed by atoms with E-state index in [1.54, 1.807) is 6.92 Å². The first-order valence-electron chi connectivity index (χ1n) is 8.79. The van der Waals surface area contributed by atoms with E-state index in [0.717, 1.165) is 19.5 Å². The Morgan fingerprint density at radius 1 is 1.35 bits per heavy atom. The first-order chi connectivity index (χ1) is 10.8. The fourth-order valence-corrected chi connectivity index (χ4v) is 3.71. The SMILES string of the molecule is CCC(C)[C@H](NC(C)=O)[C@@H]1CC=C(C(=O)O)C[C@@H]1N(CC)CC. The minimum atomic E-state index is -0.819. The van der Waals surface area contributed by atoms with Crippen LogP contribution in [0.25, 0.3) is 0 Å². The fourth-order valence-electron chi connectivity index (χ4n) is 3.71. The summed E-state index contributed by atoms with van der Waals surface area (Å²) in [7, 11) is 0. The predicted molar refractivity (Wildman–Crippen MR) is 92.2 cm³/mol. The molecule has 0 saturated heterocycles. The summed E-state index contributed by atoms with van der Waals surface area (Å²) in [6, 6.07) is 0.238. The molecule has 0 heterocycles. The number of allylic oxidation sites excluding steroid dienone is 1. The van der Waals surface area contributed by atoms with Crippen LogP contribution in [0.3, 0.4) is 0 Å². The highest BCUT2D eigenvalue weighted by Gasteiger charge is 2.38. The Morgan fingerprint density at radius 2 is 1.96 bits per heavy atom. The van der Waals surface area contributed by atoms with Crippen molar-refractivity contribution in [1.29, 1.82) is 0 Å². The molecule has 1 amide bonds. The van der Waals surface area contributed by atoms with Crippen molar-refractivity contribution < 1.29 is 14.7 Å². The quantitative estimate of drug-likeness (QED) is 0.720. The number of nitrogens with one attached hydrogen (secondary N) is 1. The Balaban J connectivity index is 3.14. The Labute approximate surface area is 140 Å². The van der Waals surface area contributed by atoms with Gasteiger partial charge in [-0.15, -0.1) is 0 Å². The third-order valence-electron chi connectivity index (χ3n) is 5.20. The van der Waals surface area contributed by atoms with Crippen LogP contribution in [0.1, 0.15) is 53.9 Å². The molecule has 1 aliphatic carbocycles. The van der Waals surface area contributed by atoms with Gasteiger partial charge in [-0.3, -0.25) is 4.79 Å². The van der Waals surface area contributed by atoms with Crippen LogP contribution in [-0.4, -0.2) is 47.1 Å². The summed E-state index contributed by atoms with van der Waals surface area (Å²) in [5.41, 5.74) is 0.504. The number of amides is 1. The van der Waals surface area contributed by atoms with Crippen LogP contribution in [0.4, 0.5) is 0 Å². The molecule has 1 aliphatic rings. The average Bonchev–Trinajstić information content (AvgIpc) is 2.53. The number of carbonyl (C=O) groups excluding carboxylic acids is 1. The monoisotopic (exact) mass is 324 g/mol. The molecule has 0 radical (unpaired) electrons. The second kappa shape index (κ2) is 9.06. The van der Waals surface area contributed by atoms with Gasteiger partial charge in [0, 0.05) is 24.6 Å². The topological polar surface area (TPSA) is 69.6 Å². The molecular weight excluding hydrogens is 292 g/mol. The fraction of sp³-hybridized carbons (Fsp3) is 0.778. The third kappa shape index (κ3) is 5.06. The van der Waals surface area contributed by atoms with Crippen LogP contribution < -0.4 is 5.32 Å². The summed E-state index contributed by atoms with van der Waals surface area (Å²) in [6.07, 6.45) is 4.10. The number of nitrogens with zero attached hydrogens (tertiary/aromatic N) is 1. The summed E-state index contributed by atoms with van der Waals surface area (Å²) < 4.78 is 0. The van der Waals surface area contributed by atoms with E-state index in [9.17, 15) is 14.7 Å². The lowest BCUT2D eigenvalue weighted by Crippen LogP contribution is -2.53. The van der Waals surface area contributed by atoms with Crippen molar-refractivity contribution in [3.8, 4) is 0 Å². The second-order valence-corrected chi connectivity index (χ2v) is 6.54. The molecule has 23 heavy (non-hydrogen) atoms. The number of carboxylic acids is 1. The third-order valence-corrected chi connectivity index (χ3v) is 5.20.